The molecule has 2 atom stereocenters. The van der Waals surface area contributed by atoms with Crippen molar-refractivity contribution in [3.63, 3.8) is 0 Å². The fourth-order valence-electron chi connectivity index (χ4n) is 2.67. The molecule has 0 spiro atoms. The second-order valence-electron chi connectivity index (χ2n) is 5.16. The molecule has 0 saturated carbocycles. The number of fused-ring (bicyclic) bond motifs is 1. The van der Waals surface area contributed by atoms with E-state index in [2.05, 4.69) is 5.43 Å². The highest BCUT2D eigenvalue weighted by atomic mass is 35.5. The zero-order valence-corrected chi connectivity index (χ0v) is 12.1. The third-order valence-electron chi connectivity index (χ3n) is 3.81. The minimum absolute atomic E-state index is 0.0910. The third kappa shape index (κ3) is 2.88. The quantitative estimate of drug-likeness (QED) is 0.674. The molecule has 1 heterocycles. The zero-order valence-electron chi connectivity index (χ0n) is 11.4. The van der Waals surface area contributed by atoms with Gasteiger partial charge in [-0.15, -0.1) is 0 Å². The highest BCUT2D eigenvalue weighted by Gasteiger charge is 2.30. The fraction of sp³-hybridized carbons (Fsp3) is 0.250. The van der Waals surface area contributed by atoms with Gasteiger partial charge in [0.05, 0.1) is 11.1 Å². The van der Waals surface area contributed by atoms with Gasteiger partial charge in [-0.05, 0) is 29.7 Å². The van der Waals surface area contributed by atoms with Crippen molar-refractivity contribution < 1.29 is 9.13 Å². The number of hydrazine groups is 1. The summed E-state index contributed by atoms with van der Waals surface area (Å²) >= 11 is 6.01. The van der Waals surface area contributed by atoms with E-state index < -0.39 is 5.82 Å². The van der Waals surface area contributed by atoms with Gasteiger partial charge in [-0.2, -0.15) is 0 Å². The largest absolute Gasteiger partial charge is 0.488 e. The molecule has 21 heavy (non-hydrogen) atoms. The van der Waals surface area contributed by atoms with E-state index in [4.69, 9.17) is 22.2 Å². The van der Waals surface area contributed by atoms with Crippen molar-refractivity contribution in [3.05, 3.63) is 64.4 Å². The lowest BCUT2D eigenvalue weighted by Crippen LogP contribution is -2.47. The first-order valence-electron chi connectivity index (χ1n) is 6.82. The number of halogens is 2. The van der Waals surface area contributed by atoms with E-state index in [1.807, 2.05) is 24.3 Å². The van der Waals surface area contributed by atoms with Crippen LogP contribution in [0.25, 0.3) is 0 Å². The summed E-state index contributed by atoms with van der Waals surface area (Å²) in [5, 5.41) is 0.147. The molecule has 0 saturated heterocycles. The Morgan fingerprint density at radius 3 is 2.86 bits per heavy atom. The van der Waals surface area contributed by atoms with Gasteiger partial charge in [-0.25, -0.2) is 4.39 Å². The summed E-state index contributed by atoms with van der Waals surface area (Å²) in [7, 11) is 0. The Hall–Kier alpha value is -1.62. The Bertz CT molecular complexity index is 625. The van der Waals surface area contributed by atoms with Crippen LogP contribution in [0.5, 0.6) is 5.75 Å². The van der Waals surface area contributed by atoms with Crippen LogP contribution in [-0.4, -0.2) is 12.1 Å². The first-order valence-corrected chi connectivity index (χ1v) is 7.20. The van der Waals surface area contributed by atoms with Crippen LogP contribution in [0.15, 0.2) is 42.5 Å². The van der Waals surface area contributed by atoms with Gasteiger partial charge in [-0.3, -0.25) is 11.3 Å². The summed E-state index contributed by atoms with van der Waals surface area (Å²) in [4.78, 5) is 0. The van der Waals surface area contributed by atoms with E-state index in [-0.39, 0.29) is 17.2 Å². The van der Waals surface area contributed by atoms with Crippen LogP contribution in [0.4, 0.5) is 4.39 Å². The predicted molar refractivity (Wildman–Crippen MR) is 80.8 cm³/mol. The van der Waals surface area contributed by atoms with E-state index in [0.717, 1.165) is 23.3 Å². The molecule has 0 amide bonds. The molecular weight excluding hydrogens is 291 g/mol. The molecule has 5 heteroatoms. The van der Waals surface area contributed by atoms with Gasteiger partial charge in [0.15, 0.2) is 0 Å². The van der Waals surface area contributed by atoms with Crippen LogP contribution in [0, 0.1) is 5.82 Å². The minimum Gasteiger partial charge on any atom is -0.488 e. The molecule has 0 aliphatic carbocycles. The van der Waals surface area contributed by atoms with Gasteiger partial charge in [-0.1, -0.05) is 41.9 Å². The van der Waals surface area contributed by atoms with Gasteiger partial charge in [0.1, 0.15) is 17.7 Å². The summed E-state index contributed by atoms with van der Waals surface area (Å²) in [6.07, 6.45) is 1.19. The predicted octanol–water partition coefficient (Wildman–Crippen LogP) is 2.86. The van der Waals surface area contributed by atoms with Gasteiger partial charge in [0.2, 0.25) is 0 Å². The van der Waals surface area contributed by atoms with E-state index in [9.17, 15) is 4.39 Å². The molecule has 3 rings (SSSR count). The number of hydrogen-bond donors (Lipinski definition) is 2. The number of rotatable bonds is 4. The lowest BCUT2D eigenvalue weighted by molar-refractivity contribution is 0.177. The molecule has 0 fully saturated rings. The van der Waals surface area contributed by atoms with Crippen LogP contribution in [0.3, 0.4) is 0 Å². The summed E-state index contributed by atoms with van der Waals surface area (Å²) < 4.78 is 19.4. The molecule has 1 aliphatic rings. The number of ether oxygens (including phenoxy) is 1. The van der Waals surface area contributed by atoms with Crippen LogP contribution in [-0.2, 0) is 12.8 Å². The molecule has 3 nitrogen and oxygen atoms in total. The summed E-state index contributed by atoms with van der Waals surface area (Å²) in [6, 6.07) is 12.6. The highest BCUT2D eigenvalue weighted by molar-refractivity contribution is 6.31. The van der Waals surface area contributed by atoms with E-state index in [1.165, 1.54) is 6.07 Å². The molecule has 2 aromatic carbocycles. The van der Waals surface area contributed by atoms with Gasteiger partial charge in [0, 0.05) is 6.42 Å². The lowest BCUT2D eigenvalue weighted by atomic mass is 9.98. The summed E-state index contributed by atoms with van der Waals surface area (Å²) in [5.74, 6) is 6.12. The molecule has 0 bridgehead atoms. The van der Waals surface area contributed by atoms with Crippen LogP contribution in [0.2, 0.25) is 5.02 Å². The number of para-hydroxylation sites is 1. The van der Waals surface area contributed by atoms with Gasteiger partial charge in [0.25, 0.3) is 0 Å². The summed E-state index contributed by atoms with van der Waals surface area (Å²) in [6.45, 7) is 0. The van der Waals surface area contributed by atoms with Crippen LogP contribution in [0.1, 0.15) is 11.1 Å². The van der Waals surface area contributed by atoms with E-state index in [1.54, 1.807) is 12.1 Å². The van der Waals surface area contributed by atoms with Crippen molar-refractivity contribution in [1.82, 2.24) is 5.43 Å². The first-order chi connectivity index (χ1) is 10.2. The fourth-order valence-corrected chi connectivity index (χ4v) is 2.88. The van der Waals surface area contributed by atoms with Crippen LogP contribution >= 0.6 is 11.6 Å². The Morgan fingerprint density at radius 2 is 2.10 bits per heavy atom. The Morgan fingerprint density at radius 1 is 1.29 bits per heavy atom. The maximum Gasteiger partial charge on any atom is 0.142 e. The molecule has 2 unspecified atom stereocenters. The third-order valence-corrected chi connectivity index (χ3v) is 4.23. The average Bonchev–Trinajstić information content (AvgIpc) is 2.92. The number of nitrogens with one attached hydrogen (secondary N) is 1. The molecule has 110 valence electrons. The van der Waals surface area contributed by atoms with E-state index in [0.29, 0.717) is 6.42 Å². The van der Waals surface area contributed by atoms with E-state index >= 15 is 0 Å². The Labute approximate surface area is 127 Å². The van der Waals surface area contributed by atoms with Crippen molar-refractivity contribution in [2.24, 2.45) is 5.84 Å². The average molecular weight is 307 g/mol. The highest BCUT2D eigenvalue weighted by Crippen LogP contribution is 2.31. The molecule has 1 aliphatic heterocycles. The molecule has 3 N–H and O–H groups in total. The van der Waals surface area contributed by atoms with Gasteiger partial charge >= 0.3 is 0 Å². The Balaban J connectivity index is 1.77. The number of nitrogens with two attached hydrogens (primary N) is 1. The minimum atomic E-state index is -0.416. The standard InChI is InChI=1S/C16H16ClFN2O/c17-16-11(5-3-6-12(16)18)8-13(20-19)15-9-10-4-1-2-7-14(10)21-15/h1-7,13,15,20H,8-9,19H2. The number of benzene rings is 2. The number of hydrogen-bond acceptors (Lipinski definition) is 3. The zero-order chi connectivity index (χ0) is 14.8. The van der Waals surface area contributed by atoms with Crippen molar-refractivity contribution in [2.45, 2.75) is 25.0 Å². The second-order valence-corrected chi connectivity index (χ2v) is 5.54. The monoisotopic (exact) mass is 306 g/mol. The SMILES string of the molecule is NNC(Cc1cccc(F)c1Cl)C1Cc2ccccc2O1. The lowest BCUT2D eigenvalue weighted by Gasteiger charge is -2.23. The van der Waals surface area contributed by atoms with Crippen molar-refractivity contribution in [1.29, 1.82) is 0 Å². The first kappa shape index (κ1) is 14.3. The molecule has 0 radical (unpaired) electrons. The molecule has 0 aromatic heterocycles. The van der Waals surface area contributed by atoms with Crippen molar-refractivity contribution >= 4 is 11.6 Å². The summed E-state index contributed by atoms with van der Waals surface area (Å²) in [5.41, 5.74) is 4.65. The second kappa shape index (κ2) is 6.02. The maximum atomic E-state index is 13.5. The topological polar surface area (TPSA) is 47.3 Å². The molecular formula is C16H16ClFN2O. The smallest absolute Gasteiger partial charge is 0.142 e. The maximum absolute atomic E-state index is 13.5. The molecule has 2 aromatic rings. The van der Waals surface area contributed by atoms with Crippen LogP contribution < -0.4 is 16.0 Å². The normalized spacial score (nSPS) is 18.1. The Kier molecular flexibility index (Phi) is 4.10. The van der Waals surface area contributed by atoms with Crippen molar-refractivity contribution in [2.75, 3.05) is 0 Å². The van der Waals surface area contributed by atoms with Gasteiger partial charge < -0.3 is 4.74 Å². The van der Waals surface area contributed by atoms with Crippen molar-refractivity contribution in [3.8, 4) is 5.75 Å².